The summed E-state index contributed by atoms with van der Waals surface area (Å²) in [5.41, 5.74) is 2.17. The van der Waals surface area contributed by atoms with Crippen molar-refractivity contribution in [3.63, 3.8) is 0 Å². The van der Waals surface area contributed by atoms with Crippen molar-refractivity contribution in [2.45, 2.75) is 53.4 Å². The molecule has 0 nitrogen and oxygen atoms in total. The predicted molar refractivity (Wildman–Crippen MR) is 62.4 cm³/mol. The maximum atomic E-state index is 2.62. The van der Waals surface area contributed by atoms with E-state index in [0.717, 1.165) is 34.5 Å². The Hall–Kier alpha value is 0. The molecule has 5 aliphatic rings. The van der Waals surface area contributed by atoms with Crippen molar-refractivity contribution in [2.75, 3.05) is 0 Å². The first-order valence-electron chi connectivity index (χ1n) is 6.94. The second-order valence-corrected chi connectivity index (χ2v) is 7.95. The molecule has 5 saturated carbocycles. The molecule has 0 aliphatic heterocycles. The van der Waals surface area contributed by atoms with Gasteiger partial charge in [0.2, 0.25) is 0 Å². The average Bonchev–Trinajstić information content (AvgIpc) is 2.05. The Kier molecular flexibility index (Phi) is 1.24. The highest BCUT2D eigenvalue weighted by molar-refractivity contribution is 5.31. The van der Waals surface area contributed by atoms with Gasteiger partial charge in [-0.05, 0) is 65.6 Å². The highest BCUT2D eigenvalue weighted by Crippen LogP contribution is 2.89. The van der Waals surface area contributed by atoms with Crippen LogP contribution >= 0.6 is 0 Å². The van der Waals surface area contributed by atoms with Crippen LogP contribution in [0.4, 0.5) is 0 Å². The third-order valence-electron chi connectivity index (χ3n) is 7.72. The monoisotopic (exact) mass is 204 g/mol. The van der Waals surface area contributed by atoms with Gasteiger partial charge >= 0.3 is 0 Å². The van der Waals surface area contributed by atoms with Crippen molar-refractivity contribution in [1.29, 1.82) is 0 Å². The Balaban J connectivity index is 1.82. The zero-order valence-electron chi connectivity index (χ0n) is 10.6. The van der Waals surface area contributed by atoms with E-state index in [2.05, 4.69) is 27.7 Å². The molecule has 0 saturated heterocycles. The lowest BCUT2D eigenvalue weighted by atomic mass is 9.16. The first-order valence-corrected chi connectivity index (χ1v) is 6.94. The molecule has 5 aliphatic carbocycles. The van der Waals surface area contributed by atoms with Crippen LogP contribution in [0.5, 0.6) is 0 Å². The van der Waals surface area contributed by atoms with Crippen LogP contribution in [0.3, 0.4) is 0 Å². The molecule has 6 atom stereocenters. The predicted octanol–water partition coefficient (Wildman–Crippen LogP) is 4.10. The summed E-state index contributed by atoms with van der Waals surface area (Å²) in [5.74, 6) is 4.41. The molecule has 15 heavy (non-hydrogen) atoms. The van der Waals surface area contributed by atoms with Gasteiger partial charge < -0.3 is 0 Å². The Morgan fingerprint density at radius 1 is 1.00 bits per heavy atom. The highest BCUT2D eigenvalue weighted by Gasteiger charge is 2.83. The van der Waals surface area contributed by atoms with Crippen molar-refractivity contribution in [2.24, 2.45) is 39.9 Å². The fourth-order valence-corrected chi connectivity index (χ4v) is 7.30. The van der Waals surface area contributed by atoms with E-state index in [4.69, 9.17) is 0 Å². The van der Waals surface area contributed by atoms with Crippen LogP contribution < -0.4 is 0 Å². The van der Waals surface area contributed by atoms with Crippen molar-refractivity contribution in [3.8, 4) is 0 Å². The van der Waals surface area contributed by atoms with Gasteiger partial charge in [-0.15, -0.1) is 0 Å². The summed E-state index contributed by atoms with van der Waals surface area (Å²) in [6.45, 7) is 10.3. The summed E-state index contributed by atoms with van der Waals surface area (Å²) in [6.07, 6.45) is 6.21. The Morgan fingerprint density at radius 3 is 2.13 bits per heavy atom. The highest BCUT2D eigenvalue weighted by atomic mass is 14.9. The van der Waals surface area contributed by atoms with Crippen LogP contribution in [0.2, 0.25) is 0 Å². The van der Waals surface area contributed by atoms with Gasteiger partial charge in [0.1, 0.15) is 0 Å². The molecule has 5 rings (SSSR count). The molecule has 6 unspecified atom stereocenters. The molecular formula is C15H24. The molecule has 2 bridgehead atoms. The minimum Gasteiger partial charge on any atom is -0.0617 e. The number of hydrogen-bond acceptors (Lipinski definition) is 0. The second kappa shape index (κ2) is 2.05. The third kappa shape index (κ3) is 0.599. The Morgan fingerprint density at radius 2 is 1.67 bits per heavy atom. The van der Waals surface area contributed by atoms with Crippen molar-refractivity contribution in [1.82, 2.24) is 0 Å². The summed E-state index contributed by atoms with van der Waals surface area (Å²) in [7, 11) is 0. The van der Waals surface area contributed by atoms with Gasteiger partial charge in [-0.3, -0.25) is 0 Å². The normalized spacial score (nSPS) is 68.0. The quantitative estimate of drug-likeness (QED) is 0.557. The molecule has 84 valence electrons. The minimum atomic E-state index is 0.651. The van der Waals surface area contributed by atoms with Gasteiger partial charge in [0.25, 0.3) is 0 Å². The molecule has 0 heterocycles. The number of rotatable bonds is 0. The zero-order chi connectivity index (χ0) is 10.6. The molecule has 0 heteroatoms. The van der Waals surface area contributed by atoms with Crippen molar-refractivity contribution >= 4 is 0 Å². The van der Waals surface area contributed by atoms with Gasteiger partial charge in [-0.25, -0.2) is 0 Å². The minimum absolute atomic E-state index is 0.651. The summed E-state index contributed by atoms with van der Waals surface area (Å²) < 4.78 is 0. The van der Waals surface area contributed by atoms with Gasteiger partial charge in [0, 0.05) is 0 Å². The van der Waals surface area contributed by atoms with E-state index >= 15 is 0 Å². The lowest BCUT2D eigenvalue weighted by Gasteiger charge is -2.88. The Bertz CT molecular complexity index is 342. The molecular weight excluding hydrogens is 180 g/mol. The molecule has 0 aromatic rings. The van der Waals surface area contributed by atoms with Crippen LogP contribution in [0, 0.1) is 39.9 Å². The lowest BCUT2D eigenvalue weighted by Crippen LogP contribution is -2.82. The first kappa shape index (κ1) is 9.07. The van der Waals surface area contributed by atoms with Gasteiger partial charge in [0.15, 0.2) is 0 Å². The maximum Gasteiger partial charge on any atom is -0.0158 e. The van der Waals surface area contributed by atoms with Gasteiger partial charge in [0.05, 0.1) is 0 Å². The summed E-state index contributed by atoms with van der Waals surface area (Å²) in [4.78, 5) is 0. The second-order valence-electron chi connectivity index (χ2n) is 7.95. The number of hydrogen-bond donors (Lipinski definition) is 0. The average molecular weight is 204 g/mol. The van der Waals surface area contributed by atoms with Crippen LogP contribution in [0.1, 0.15) is 53.4 Å². The van der Waals surface area contributed by atoms with Crippen LogP contribution in [-0.4, -0.2) is 0 Å². The van der Waals surface area contributed by atoms with E-state index in [9.17, 15) is 0 Å². The van der Waals surface area contributed by atoms with E-state index < -0.39 is 0 Å². The maximum absolute atomic E-state index is 2.62. The molecule has 0 N–H and O–H groups in total. The topological polar surface area (TPSA) is 0 Å². The molecule has 0 aromatic carbocycles. The largest absolute Gasteiger partial charge is 0.0617 e. The van der Waals surface area contributed by atoms with E-state index in [1.807, 2.05) is 0 Å². The smallest absolute Gasteiger partial charge is 0.0158 e. The van der Waals surface area contributed by atoms with Gasteiger partial charge in [-0.2, -0.15) is 0 Å². The van der Waals surface area contributed by atoms with Gasteiger partial charge in [-0.1, -0.05) is 27.7 Å². The SMILES string of the molecule is CC1C2CCC2C2CC13C(C)(C)CC23C. The third-order valence-corrected chi connectivity index (χ3v) is 7.72. The van der Waals surface area contributed by atoms with Crippen molar-refractivity contribution < 1.29 is 0 Å². The van der Waals surface area contributed by atoms with E-state index in [0.29, 0.717) is 5.41 Å². The standard InChI is InChI=1S/C15H24/c1-9-10-5-6-11(10)12-7-15(9)13(2,3)8-14(12,15)4/h9-12H,5-8H2,1-4H3. The zero-order valence-corrected chi connectivity index (χ0v) is 10.6. The summed E-state index contributed by atoms with van der Waals surface area (Å²) in [5, 5.41) is 0. The fourth-order valence-electron chi connectivity index (χ4n) is 7.30. The van der Waals surface area contributed by atoms with Crippen LogP contribution in [0.25, 0.3) is 0 Å². The molecule has 5 fully saturated rings. The molecule has 1 spiro atoms. The summed E-state index contributed by atoms with van der Waals surface area (Å²) in [6, 6.07) is 0. The van der Waals surface area contributed by atoms with Crippen molar-refractivity contribution in [3.05, 3.63) is 0 Å². The lowest BCUT2D eigenvalue weighted by molar-refractivity contribution is -0.399. The van der Waals surface area contributed by atoms with Crippen LogP contribution in [-0.2, 0) is 0 Å². The molecule has 0 aromatic heterocycles. The molecule has 0 radical (unpaired) electrons. The van der Waals surface area contributed by atoms with E-state index in [-0.39, 0.29) is 0 Å². The fraction of sp³-hybridized carbons (Fsp3) is 1.00. The first-order chi connectivity index (χ1) is 6.94. The summed E-state index contributed by atoms with van der Waals surface area (Å²) >= 11 is 0. The Labute approximate surface area is 93.8 Å². The molecule has 0 amide bonds. The van der Waals surface area contributed by atoms with E-state index in [1.165, 1.54) is 6.42 Å². The van der Waals surface area contributed by atoms with Crippen LogP contribution in [0.15, 0.2) is 0 Å². The van der Waals surface area contributed by atoms with E-state index in [1.54, 1.807) is 19.3 Å².